The minimum atomic E-state index is -2.84. The van der Waals surface area contributed by atoms with Gasteiger partial charge in [0.05, 0.1) is 6.61 Å². The predicted molar refractivity (Wildman–Crippen MR) is 83.8 cm³/mol. The molecule has 1 saturated heterocycles. The lowest BCUT2D eigenvalue weighted by Gasteiger charge is -2.36. The highest BCUT2D eigenvalue weighted by Crippen LogP contribution is 2.32. The van der Waals surface area contributed by atoms with E-state index in [9.17, 15) is 13.9 Å². The molecule has 1 unspecified atom stereocenters. The van der Waals surface area contributed by atoms with Gasteiger partial charge in [-0.1, -0.05) is 17.7 Å². The van der Waals surface area contributed by atoms with E-state index in [1.165, 1.54) is 0 Å². The number of aliphatic hydroxyl groups excluding tert-OH is 1. The lowest BCUT2D eigenvalue weighted by molar-refractivity contribution is -0.0508. The Balaban J connectivity index is 2.07. The second-order valence-electron chi connectivity index (χ2n) is 6.29. The van der Waals surface area contributed by atoms with Gasteiger partial charge >= 0.3 is 6.61 Å². The Morgan fingerprint density at radius 3 is 2.65 bits per heavy atom. The Hall–Kier alpha value is -1.24. The predicted octanol–water partition coefficient (Wildman–Crippen LogP) is 3.04. The standard InChI is InChI=1S/C17H25F2NO3/c1-12-3-4-15(23-16(18)19)14(9-12)13(2)20-10-17(11-21)5-7-22-8-6-17/h3-4,9,13,16,20-21H,5-8,10-11H2,1-2H3. The zero-order valence-corrected chi connectivity index (χ0v) is 13.6. The first kappa shape index (κ1) is 18.1. The van der Waals surface area contributed by atoms with Crippen molar-refractivity contribution in [1.82, 2.24) is 5.32 Å². The van der Waals surface area contributed by atoms with Crippen molar-refractivity contribution in [2.24, 2.45) is 5.41 Å². The van der Waals surface area contributed by atoms with E-state index in [2.05, 4.69) is 10.1 Å². The second kappa shape index (κ2) is 8.04. The van der Waals surface area contributed by atoms with Crippen LogP contribution in [0.1, 0.15) is 36.9 Å². The fourth-order valence-corrected chi connectivity index (χ4v) is 2.88. The quantitative estimate of drug-likeness (QED) is 0.807. The van der Waals surface area contributed by atoms with Crippen LogP contribution in [0.5, 0.6) is 5.75 Å². The number of hydrogen-bond acceptors (Lipinski definition) is 4. The van der Waals surface area contributed by atoms with Crippen LogP contribution >= 0.6 is 0 Å². The third-order valence-corrected chi connectivity index (χ3v) is 4.52. The highest BCUT2D eigenvalue weighted by Gasteiger charge is 2.32. The maximum absolute atomic E-state index is 12.6. The first-order valence-electron chi connectivity index (χ1n) is 7.93. The number of aliphatic hydroxyl groups is 1. The van der Waals surface area contributed by atoms with E-state index in [0.29, 0.717) is 25.3 Å². The van der Waals surface area contributed by atoms with Crippen LogP contribution in [0.25, 0.3) is 0 Å². The topological polar surface area (TPSA) is 50.7 Å². The Morgan fingerprint density at radius 2 is 2.04 bits per heavy atom. The van der Waals surface area contributed by atoms with Crippen molar-refractivity contribution in [3.05, 3.63) is 29.3 Å². The van der Waals surface area contributed by atoms with Crippen molar-refractivity contribution < 1.29 is 23.4 Å². The van der Waals surface area contributed by atoms with Crippen molar-refractivity contribution in [2.45, 2.75) is 39.3 Å². The summed E-state index contributed by atoms with van der Waals surface area (Å²) in [6.45, 7) is 2.96. The third kappa shape index (κ3) is 4.86. The lowest BCUT2D eigenvalue weighted by Crippen LogP contribution is -2.42. The van der Waals surface area contributed by atoms with Gasteiger partial charge in [0.2, 0.25) is 0 Å². The Kier molecular flexibility index (Phi) is 6.33. The summed E-state index contributed by atoms with van der Waals surface area (Å²) in [6.07, 6.45) is 1.58. The zero-order chi connectivity index (χ0) is 16.9. The molecule has 0 aromatic heterocycles. The van der Waals surface area contributed by atoms with Gasteiger partial charge < -0.3 is 19.9 Å². The Morgan fingerprint density at radius 1 is 1.35 bits per heavy atom. The molecular weight excluding hydrogens is 304 g/mol. The molecule has 1 atom stereocenters. The van der Waals surface area contributed by atoms with Crippen LogP contribution in [0, 0.1) is 12.3 Å². The SMILES string of the molecule is Cc1ccc(OC(F)F)c(C(C)NCC2(CO)CCOCC2)c1. The molecule has 0 spiro atoms. The number of hydrogen-bond donors (Lipinski definition) is 2. The number of nitrogens with one attached hydrogen (secondary N) is 1. The van der Waals surface area contributed by atoms with Gasteiger partial charge in [-0.2, -0.15) is 8.78 Å². The summed E-state index contributed by atoms with van der Waals surface area (Å²) in [5, 5.41) is 13.1. The molecular formula is C17H25F2NO3. The molecule has 0 saturated carbocycles. The number of aryl methyl sites for hydroxylation is 1. The third-order valence-electron chi connectivity index (χ3n) is 4.52. The van der Waals surface area contributed by atoms with Gasteiger partial charge in [0.1, 0.15) is 5.75 Å². The summed E-state index contributed by atoms with van der Waals surface area (Å²) in [5.74, 6) is 0.190. The molecule has 2 rings (SSSR count). The molecule has 1 aliphatic heterocycles. The van der Waals surface area contributed by atoms with Gasteiger partial charge in [-0.05, 0) is 32.8 Å². The fraction of sp³-hybridized carbons (Fsp3) is 0.647. The monoisotopic (exact) mass is 329 g/mol. The number of ether oxygens (including phenoxy) is 2. The molecule has 1 aliphatic rings. The Bertz CT molecular complexity index is 505. The van der Waals surface area contributed by atoms with Crippen LogP contribution in [-0.4, -0.2) is 38.1 Å². The molecule has 1 aromatic rings. The summed E-state index contributed by atoms with van der Waals surface area (Å²) in [7, 11) is 0. The summed E-state index contributed by atoms with van der Waals surface area (Å²) in [6, 6.07) is 5.02. The van der Waals surface area contributed by atoms with E-state index in [4.69, 9.17) is 4.74 Å². The molecule has 23 heavy (non-hydrogen) atoms. The highest BCUT2D eigenvalue weighted by atomic mass is 19.3. The van der Waals surface area contributed by atoms with Crippen molar-refractivity contribution in [3.63, 3.8) is 0 Å². The molecule has 0 radical (unpaired) electrons. The molecule has 0 aliphatic carbocycles. The first-order valence-corrected chi connectivity index (χ1v) is 7.93. The maximum Gasteiger partial charge on any atom is 0.387 e. The highest BCUT2D eigenvalue weighted by molar-refractivity contribution is 5.39. The van der Waals surface area contributed by atoms with E-state index >= 15 is 0 Å². The van der Waals surface area contributed by atoms with Gasteiger partial charge in [-0.3, -0.25) is 0 Å². The van der Waals surface area contributed by atoms with Crippen LogP contribution in [0.3, 0.4) is 0 Å². The van der Waals surface area contributed by atoms with Gasteiger partial charge in [0, 0.05) is 36.8 Å². The molecule has 0 amide bonds. The second-order valence-corrected chi connectivity index (χ2v) is 6.29. The molecule has 6 heteroatoms. The minimum absolute atomic E-state index is 0.0876. The van der Waals surface area contributed by atoms with Crippen molar-refractivity contribution in [1.29, 1.82) is 0 Å². The van der Waals surface area contributed by atoms with Crippen LogP contribution < -0.4 is 10.1 Å². The van der Waals surface area contributed by atoms with E-state index < -0.39 is 6.61 Å². The summed E-state index contributed by atoms with van der Waals surface area (Å²) in [5.41, 5.74) is 1.48. The van der Waals surface area contributed by atoms with E-state index in [-0.39, 0.29) is 23.8 Å². The molecule has 1 heterocycles. The minimum Gasteiger partial charge on any atom is -0.434 e. The lowest BCUT2D eigenvalue weighted by atomic mass is 9.80. The van der Waals surface area contributed by atoms with Gasteiger partial charge in [0.25, 0.3) is 0 Å². The summed E-state index contributed by atoms with van der Waals surface area (Å²) in [4.78, 5) is 0. The number of alkyl halides is 2. The number of halogens is 2. The van der Waals surface area contributed by atoms with Gasteiger partial charge in [0.15, 0.2) is 0 Å². The van der Waals surface area contributed by atoms with Crippen LogP contribution in [-0.2, 0) is 4.74 Å². The van der Waals surface area contributed by atoms with Crippen LogP contribution in [0.4, 0.5) is 8.78 Å². The van der Waals surface area contributed by atoms with Crippen molar-refractivity contribution >= 4 is 0 Å². The number of rotatable bonds is 7. The van der Waals surface area contributed by atoms with Crippen LogP contribution in [0.2, 0.25) is 0 Å². The fourth-order valence-electron chi connectivity index (χ4n) is 2.88. The summed E-state index contributed by atoms with van der Waals surface area (Å²) < 4.78 is 35.1. The van der Waals surface area contributed by atoms with E-state index in [1.807, 2.05) is 19.9 Å². The molecule has 130 valence electrons. The van der Waals surface area contributed by atoms with Crippen molar-refractivity contribution in [3.8, 4) is 5.75 Å². The molecule has 1 fully saturated rings. The first-order chi connectivity index (χ1) is 11.0. The number of benzene rings is 1. The van der Waals surface area contributed by atoms with Crippen molar-refractivity contribution in [2.75, 3.05) is 26.4 Å². The van der Waals surface area contributed by atoms with E-state index in [1.54, 1.807) is 12.1 Å². The average Bonchev–Trinajstić information content (AvgIpc) is 2.55. The summed E-state index contributed by atoms with van der Waals surface area (Å²) >= 11 is 0. The maximum atomic E-state index is 12.6. The normalized spacial score (nSPS) is 18.9. The van der Waals surface area contributed by atoms with E-state index in [0.717, 1.165) is 18.4 Å². The molecule has 1 aromatic carbocycles. The molecule has 2 N–H and O–H groups in total. The van der Waals surface area contributed by atoms with Gasteiger partial charge in [-0.15, -0.1) is 0 Å². The molecule has 0 bridgehead atoms. The van der Waals surface area contributed by atoms with Crippen LogP contribution in [0.15, 0.2) is 18.2 Å². The largest absolute Gasteiger partial charge is 0.434 e. The van der Waals surface area contributed by atoms with Gasteiger partial charge in [-0.25, -0.2) is 0 Å². The molecule has 4 nitrogen and oxygen atoms in total. The smallest absolute Gasteiger partial charge is 0.387 e. The zero-order valence-electron chi connectivity index (χ0n) is 13.6. The Labute approximate surface area is 135 Å². The average molecular weight is 329 g/mol.